The molecule has 2 aliphatic heterocycles. The first-order valence-electron chi connectivity index (χ1n) is 7.52. The fourth-order valence-corrected chi connectivity index (χ4v) is 3.84. The van der Waals surface area contributed by atoms with Gasteiger partial charge >= 0.3 is 0 Å². The number of hydrogen-bond acceptors (Lipinski definition) is 2. The van der Waals surface area contributed by atoms with Crippen LogP contribution in [0.2, 0.25) is 5.02 Å². The minimum absolute atomic E-state index is 0.0339. The van der Waals surface area contributed by atoms with E-state index in [0.717, 1.165) is 12.8 Å². The topological polar surface area (TPSA) is 32.3 Å². The Morgan fingerprint density at radius 1 is 1.33 bits per heavy atom. The molecule has 0 saturated carbocycles. The number of benzene rings is 1. The molecule has 3 nitrogen and oxygen atoms in total. The number of rotatable bonds is 2. The fraction of sp³-hybridized carbons (Fsp3) is 0.562. The van der Waals surface area contributed by atoms with Crippen LogP contribution in [0.15, 0.2) is 18.2 Å². The number of piperidine rings is 2. The molecule has 2 heterocycles. The summed E-state index contributed by atoms with van der Waals surface area (Å²) >= 11 is 5.85. The van der Waals surface area contributed by atoms with E-state index in [1.54, 1.807) is 0 Å². The predicted octanol–water partition coefficient (Wildman–Crippen LogP) is 3.22. The van der Waals surface area contributed by atoms with Gasteiger partial charge in [0.15, 0.2) is 0 Å². The van der Waals surface area contributed by atoms with Crippen LogP contribution in [0.4, 0.5) is 4.39 Å². The van der Waals surface area contributed by atoms with Gasteiger partial charge in [-0.25, -0.2) is 4.39 Å². The highest BCUT2D eigenvalue weighted by atomic mass is 35.5. The summed E-state index contributed by atoms with van der Waals surface area (Å²) in [5.41, 5.74) is 0.0339. The van der Waals surface area contributed by atoms with Crippen LogP contribution in [-0.4, -0.2) is 36.0 Å². The van der Waals surface area contributed by atoms with Crippen LogP contribution in [-0.2, 0) is 0 Å². The van der Waals surface area contributed by atoms with Crippen LogP contribution >= 0.6 is 11.6 Å². The van der Waals surface area contributed by atoms with Crippen molar-refractivity contribution in [2.24, 2.45) is 0 Å². The maximum absolute atomic E-state index is 13.7. The van der Waals surface area contributed by atoms with Crippen molar-refractivity contribution in [3.05, 3.63) is 34.6 Å². The average molecular weight is 311 g/mol. The number of carbonyl (C=O) groups excluding carboxylic acids is 1. The predicted molar refractivity (Wildman–Crippen MR) is 81.1 cm³/mol. The summed E-state index contributed by atoms with van der Waals surface area (Å²) in [7, 11) is 2.17. The summed E-state index contributed by atoms with van der Waals surface area (Å²) < 4.78 is 13.7. The molecular weight excluding hydrogens is 291 g/mol. The molecule has 2 unspecified atom stereocenters. The zero-order valence-corrected chi connectivity index (χ0v) is 12.9. The van der Waals surface area contributed by atoms with E-state index in [1.165, 1.54) is 37.5 Å². The van der Waals surface area contributed by atoms with E-state index in [0.29, 0.717) is 17.1 Å². The highest BCUT2D eigenvalue weighted by Gasteiger charge is 2.36. The number of hydrogen-bond donors (Lipinski definition) is 1. The van der Waals surface area contributed by atoms with Gasteiger partial charge in [0.25, 0.3) is 5.91 Å². The first kappa shape index (κ1) is 14.8. The standard InChI is InChI=1S/C16H20ClFN2O/c1-20-12-3-2-4-13(20)9-11(8-12)19-16(21)14-7-10(17)5-6-15(14)18/h5-7,11-13H,2-4,8-9H2,1H3,(H,19,21). The van der Waals surface area contributed by atoms with Gasteiger partial charge in [0.05, 0.1) is 5.56 Å². The van der Waals surface area contributed by atoms with Gasteiger partial charge in [-0.3, -0.25) is 4.79 Å². The average Bonchev–Trinajstić information content (AvgIpc) is 2.42. The highest BCUT2D eigenvalue weighted by molar-refractivity contribution is 6.31. The Labute approximate surface area is 129 Å². The smallest absolute Gasteiger partial charge is 0.254 e. The molecule has 1 N–H and O–H groups in total. The lowest BCUT2D eigenvalue weighted by Gasteiger charge is -2.47. The zero-order valence-electron chi connectivity index (χ0n) is 12.1. The van der Waals surface area contributed by atoms with E-state index in [9.17, 15) is 9.18 Å². The minimum atomic E-state index is -0.523. The van der Waals surface area contributed by atoms with E-state index >= 15 is 0 Å². The number of nitrogens with one attached hydrogen (secondary N) is 1. The van der Waals surface area contributed by atoms with Gasteiger partial charge in [0.1, 0.15) is 5.82 Å². The molecule has 2 bridgehead atoms. The van der Waals surface area contributed by atoms with Gasteiger partial charge < -0.3 is 10.2 Å². The van der Waals surface area contributed by atoms with Crippen LogP contribution in [0.25, 0.3) is 0 Å². The molecule has 1 amide bonds. The van der Waals surface area contributed by atoms with Crippen molar-refractivity contribution >= 4 is 17.5 Å². The number of nitrogens with zero attached hydrogens (tertiary/aromatic N) is 1. The molecule has 2 saturated heterocycles. The first-order chi connectivity index (χ1) is 10.0. The molecule has 1 aromatic rings. The molecule has 0 radical (unpaired) electrons. The Hall–Kier alpha value is -1.13. The molecule has 0 spiro atoms. The summed E-state index contributed by atoms with van der Waals surface area (Å²) in [5, 5.41) is 3.36. The van der Waals surface area contributed by atoms with E-state index < -0.39 is 5.82 Å². The summed E-state index contributed by atoms with van der Waals surface area (Å²) in [6.07, 6.45) is 5.53. The third-order valence-electron chi connectivity index (χ3n) is 4.85. The Balaban J connectivity index is 1.69. The Morgan fingerprint density at radius 2 is 2.00 bits per heavy atom. The second kappa shape index (κ2) is 5.93. The molecule has 5 heteroatoms. The highest BCUT2D eigenvalue weighted by Crippen LogP contribution is 2.32. The van der Waals surface area contributed by atoms with Gasteiger partial charge in [-0.15, -0.1) is 0 Å². The molecular formula is C16H20ClFN2O. The van der Waals surface area contributed by atoms with Gasteiger partial charge in [-0.2, -0.15) is 0 Å². The number of halogens is 2. The van der Waals surface area contributed by atoms with Gasteiger partial charge in [-0.05, 0) is 50.9 Å². The zero-order chi connectivity index (χ0) is 15.0. The van der Waals surface area contributed by atoms with E-state index in [2.05, 4.69) is 17.3 Å². The SMILES string of the molecule is CN1C2CCCC1CC(NC(=O)c1cc(Cl)ccc1F)C2. The minimum Gasteiger partial charge on any atom is -0.349 e. The van der Waals surface area contributed by atoms with Crippen molar-refractivity contribution in [1.29, 1.82) is 0 Å². The van der Waals surface area contributed by atoms with Crippen LogP contribution < -0.4 is 5.32 Å². The fourth-order valence-electron chi connectivity index (χ4n) is 3.67. The number of carbonyl (C=O) groups is 1. The van der Waals surface area contributed by atoms with Crippen molar-refractivity contribution in [3.63, 3.8) is 0 Å². The van der Waals surface area contributed by atoms with Gasteiger partial charge in [0, 0.05) is 23.1 Å². The molecule has 114 valence electrons. The van der Waals surface area contributed by atoms with E-state index in [-0.39, 0.29) is 17.5 Å². The number of fused-ring (bicyclic) bond motifs is 2. The molecule has 2 atom stereocenters. The third kappa shape index (κ3) is 3.06. The second-order valence-electron chi connectivity index (χ2n) is 6.17. The lowest BCUT2D eigenvalue weighted by atomic mass is 9.82. The van der Waals surface area contributed by atoms with Crippen molar-refractivity contribution in [2.45, 2.75) is 50.2 Å². The van der Waals surface area contributed by atoms with Gasteiger partial charge in [0.2, 0.25) is 0 Å². The Bertz CT molecular complexity index is 537. The van der Waals surface area contributed by atoms with Crippen LogP contribution in [0.1, 0.15) is 42.5 Å². The second-order valence-corrected chi connectivity index (χ2v) is 6.61. The molecule has 0 aliphatic carbocycles. The lowest BCUT2D eigenvalue weighted by Crippen LogP contribution is -2.55. The summed E-state index contributed by atoms with van der Waals surface area (Å²) in [6.45, 7) is 0. The van der Waals surface area contributed by atoms with Crippen LogP contribution in [0, 0.1) is 5.82 Å². The number of amides is 1. The van der Waals surface area contributed by atoms with Crippen molar-refractivity contribution < 1.29 is 9.18 Å². The van der Waals surface area contributed by atoms with Gasteiger partial charge in [-0.1, -0.05) is 18.0 Å². The maximum atomic E-state index is 13.7. The first-order valence-corrected chi connectivity index (χ1v) is 7.90. The van der Waals surface area contributed by atoms with E-state index in [4.69, 9.17) is 11.6 Å². The summed E-state index contributed by atoms with van der Waals surface area (Å²) in [6, 6.07) is 5.28. The van der Waals surface area contributed by atoms with Crippen molar-refractivity contribution in [1.82, 2.24) is 10.2 Å². The Kier molecular flexibility index (Phi) is 4.18. The largest absolute Gasteiger partial charge is 0.349 e. The van der Waals surface area contributed by atoms with Crippen LogP contribution in [0.3, 0.4) is 0 Å². The van der Waals surface area contributed by atoms with Crippen molar-refractivity contribution in [2.75, 3.05) is 7.05 Å². The lowest BCUT2D eigenvalue weighted by molar-refractivity contribution is 0.0462. The maximum Gasteiger partial charge on any atom is 0.254 e. The molecule has 2 aliphatic rings. The van der Waals surface area contributed by atoms with Crippen molar-refractivity contribution in [3.8, 4) is 0 Å². The molecule has 1 aromatic carbocycles. The molecule has 2 fully saturated rings. The van der Waals surface area contributed by atoms with Crippen LogP contribution in [0.5, 0.6) is 0 Å². The van der Waals surface area contributed by atoms with E-state index in [1.807, 2.05) is 0 Å². The quantitative estimate of drug-likeness (QED) is 0.909. The molecule has 21 heavy (non-hydrogen) atoms. The Morgan fingerprint density at radius 3 is 2.67 bits per heavy atom. The summed E-state index contributed by atoms with van der Waals surface area (Å²) in [5.74, 6) is -0.882. The third-order valence-corrected chi connectivity index (χ3v) is 5.08. The summed E-state index contributed by atoms with van der Waals surface area (Å²) in [4.78, 5) is 14.7. The normalized spacial score (nSPS) is 29.2. The molecule has 3 rings (SSSR count). The molecule has 0 aromatic heterocycles. The monoisotopic (exact) mass is 310 g/mol.